The van der Waals surface area contributed by atoms with Crippen molar-refractivity contribution in [2.45, 2.75) is 0 Å². The number of nitrogens with zero attached hydrogens (tertiary/aromatic N) is 1. The summed E-state index contributed by atoms with van der Waals surface area (Å²) in [6.07, 6.45) is 5.76. The number of aromatic nitrogens is 1. The highest BCUT2D eigenvalue weighted by atomic mass is 16.3. The van der Waals surface area contributed by atoms with Gasteiger partial charge in [-0.1, -0.05) is 6.07 Å². The van der Waals surface area contributed by atoms with Gasteiger partial charge >= 0.3 is 0 Å². The molecule has 0 aliphatic rings. The second-order valence-corrected chi connectivity index (χ2v) is 3.20. The van der Waals surface area contributed by atoms with Crippen LogP contribution in [0.1, 0.15) is 0 Å². The zero-order chi connectivity index (χ0) is 9.38. The number of furan rings is 1. The molecule has 14 heavy (non-hydrogen) atoms. The Labute approximate surface area is 81.4 Å². The Morgan fingerprint density at radius 2 is 1.93 bits per heavy atom. The molecule has 0 N–H and O–H groups in total. The molecule has 0 aromatic carbocycles. The van der Waals surface area contributed by atoms with Crippen LogP contribution in [0.2, 0.25) is 0 Å². The Balaban J connectivity index is 2.33. The monoisotopic (exact) mass is 183 g/mol. The Hall–Kier alpha value is -1.96. The summed E-state index contributed by atoms with van der Waals surface area (Å²) in [5.41, 5.74) is 2.30. The molecule has 0 radical (unpaired) electrons. The quantitative estimate of drug-likeness (QED) is 0.566. The minimum Gasteiger partial charge on any atom is -0.464 e. The molecule has 0 aliphatic heterocycles. The van der Waals surface area contributed by atoms with Crippen LogP contribution in [0.25, 0.3) is 16.8 Å². The van der Waals surface area contributed by atoms with E-state index in [4.69, 9.17) is 4.42 Å². The summed E-state index contributed by atoms with van der Waals surface area (Å²) in [5.74, 6) is 0.915. The third kappa shape index (κ3) is 0.973. The van der Waals surface area contributed by atoms with Crippen LogP contribution in [0.5, 0.6) is 0 Å². The Kier molecular flexibility index (Phi) is 1.47. The van der Waals surface area contributed by atoms with Gasteiger partial charge in [-0.25, -0.2) is 0 Å². The maximum Gasteiger partial charge on any atom is 0.136 e. The smallest absolute Gasteiger partial charge is 0.136 e. The summed E-state index contributed by atoms with van der Waals surface area (Å²) >= 11 is 0. The lowest BCUT2D eigenvalue weighted by Gasteiger charge is -1.95. The molecule has 68 valence electrons. The van der Waals surface area contributed by atoms with Gasteiger partial charge in [0.05, 0.1) is 11.8 Å². The van der Waals surface area contributed by atoms with Gasteiger partial charge in [-0.05, 0) is 30.3 Å². The molecule has 0 saturated heterocycles. The maximum absolute atomic E-state index is 5.37. The summed E-state index contributed by atoms with van der Waals surface area (Å²) in [7, 11) is 0. The van der Waals surface area contributed by atoms with Crippen LogP contribution in [-0.4, -0.2) is 4.40 Å². The highest BCUT2D eigenvalue weighted by molar-refractivity contribution is 5.77. The van der Waals surface area contributed by atoms with Crippen LogP contribution in [0.15, 0.2) is 59.5 Å². The lowest BCUT2D eigenvalue weighted by Crippen LogP contribution is -1.79. The number of hydrogen-bond donors (Lipinski definition) is 0. The van der Waals surface area contributed by atoms with Crippen LogP contribution in [0, 0.1) is 0 Å². The van der Waals surface area contributed by atoms with Crippen molar-refractivity contribution in [1.82, 2.24) is 4.40 Å². The van der Waals surface area contributed by atoms with Crippen LogP contribution < -0.4 is 0 Å². The normalized spacial score (nSPS) is 10.9. The molecule has 3 rings (SSSR count). The van der Waals surface area contributed by atoms with E-state index in [0.717, 1.165) is 11.3 Å². The van der Waals surface area contributed by atoms with E-state index in [1.165, 1.54) is 5.52 Å². The predicted octanol–water partition coefficient (Wildman–Crippen LogP) is 3.20. The van der Waals surface area contributed by atoms with E-state index in [1.807, 2.05) is 36.7 Å². The first-order valence-electron chi connectivity index (χ1n) is 4.55. The minimum atomic E-state index is 0.915. The summed E-state index contributed by atoms with van der Waals surface area (Å²) in [6.45, 7) is 0. The summed E-state index contributed by atoms with van der Waals surface area (Å²) in [6, 6.07) is 12.1. The summed E-state index contributed by atoms with van der Waals surface area (Å²) < 4.78 is 7.45. The lowest BCUT2D eigenvalue weighted by atomic mass is 10.2. The zero-order valence-corrected chi connectivity index (χ0v) is 7.55. The molecule has 3 heterocycles. The van der Waals surface area contributed by atoms with Crippen molar-refractivity contribution in [1.29, 1.82) is 0 Å². The Bertz CT molecular complexity index is 548. The average Bonchev–Trinajstić information content (AvgIpc) is 2.85. The third-order valence-corrected chi connectivity index (χ3v) is 2.35. The van der Waals surface area contributed by atoms with E-state index in [-0.39, 0.29) is 0 Å². The molecule has 0 amide bonds. The number of hydrogen-bond acceptors (Lipinski definition) is 1. The zero-order valence-electron chi connectivity index (χ0n) is 7.55. The largest absolute Gasteiger partial charge is 0.464 e. The highest BCUT2D eigenvalue weighted by Crippen LogP contribution is 2.25. The van der Waals surface area contributed by atoms with Gasteiger partial charge in [0.15, 0.2) is 0 Å². The van der Waals surface area contributed by atoms with E-state index in [1.54, 1.807) is 6.26 Å². The van der Waals surface area contributed by atoms with Crippen molar-refractivity contribution < 1.29 is 4.42 Å². The van der Waals surface area contributed by atoms with Gasteiger partial charge < -0.3 is 8.82 Å². The SMILES string of the molecule is c1coc(-c2ccn3ccccc23)c1. The van der Waals surface area contributed by atoms with E-state index >= 15 is 0 Å². The third-order valence-electron chi connectivity index (χ3n) is 2.35. The van der Waals surface area contributed by atoms with Gasteiger partial charge in [0.25, 0.3) is 0 Å². The van der Waals surface area contributed by atoms with Crippen molar-refractivity contribution in [2.24, 2.45) is 0 Å². The van der Waals surface area contributed by atoms with Crippen LogP contribution >= 0.6 is 0 Å². The van der Waals surface area contributed by atoms with Crippen LogP contribution in [-0.2, 0) is 0 Å². The molecule has 0 bridgehead atoms. The van der Waals surface area contributed by atoms with Gasteiger partial charge in [0.1, 0.15) is 5.76 Å². The van der Waals surface area contributed by atoms with E-state index < -0.39 is 0 Å². The van der Waals surface area contributed by atoms with Crippen molar-refractivity contribution >= 4 is 5.52 Å². The minimum absolute atomic E-state index is 0.915. The number of rotatable bonds is 1. The van der Waals surface area contributed by atoms with Gasteiger partial charge in [-0.3, -0.25) is 0 Å². The van der Waals surface area contributed by atoms with Crippen molar-refractivity contribution in [3.63, 3.8) is 0 Å². The molecular formula is C12H9NO. The van der Waals surface area contributed by atoms with Crippen LogP contribution in [0.4, 0.5) is 0 Å². The molecular weight excluding hydrogens is 174 g/mol. The summed E-state index contributed by atoms with van der Waals surface area (Å²) in [4.78, 5) is 0. The van der Waals surface area contributed by atoms with E-state index in [9.17, 15) is 0 Å². The topological polar surface area (TPSA) is 17.6 Å². The van der Waals surface area contributed by atoms with Gasteiger partial charge in [-0.15, -0.1) is 0 Å². The first-order valence-corrected chi connectivity index (χ1v) is 4.55. The molecule has 0 atom stereocenters. The number of pyridine rings is 1. The number of fused-ring (bicyclic) bond motifs is 1. The van der Waals surface area contributed by atoms with E-state index in [2.05, 4.69) is 16.5 Å². The lowest BCUT2D eigenvalue weighted by molar-refractivity contribution is 0.583. The molecule has 0 unspecified atom stereocenters. The fraction of sp³-hybridized carbons (Fsp3) is 0. The van der Waals surface area contributed by atoms with Gasteiger partial charge in [0, 0.05) is 18.0 Å². The molecule has 0 saturated carbocycles. The van der Waals surface area contributed by atoms with Crippen molar-refractivity contribution in [3.8, 4) is 11.3 Å². The van der Waals surface area contributed by atoms with Gasteiger partial charge in [0.2, 0.25) is 0 Å². The summed E-state index contributed by atoms with van der Waals surface area (Å²) in [5, 5.41) is 0. The fourth-order valence-electron chi connectivity index (χ4n) is 1.69. The van der Waals surface area contributed by atoms with E-state index in [0.29, 0.717) is 0 Å². The first kappa shape index (κ1) is 7.44. The first-order chi connectivity index (χ1) is 6.95. The molecule has 0 fully saturated rings. The Morgan fingerprint density at radius 3 is 2.79 bits per heavy atom. The van der Waals surface area contributed by atoms with Crippen LogP contribution in [0.3, 0.4) is 0 Å². The predicted molar refractivity (Wildman–Crippen MR) is 55.1 cm³/mol. The Morgan fingerprint density at radius 1 is 0.929 bits per heavy atom. The molecule has 2 heteroatoms. The molecule has 0 spiro atoms. The van der Waals surface area contributed by atoms with Gasteiger partial charge in [-0.2, -0.15) is 0 Å². The molecule has 3 aromatic heterocycles. The standard InChI is InChI=1S/C12H9NO/c1-2-7-13-8-6-10(11(13)4-1)12-5-3-9-14-12/h1-9H. The second kappa shape index (κ2) is 2.77. The average molecular weight is 183 g/mol. The van der Waals surface area contributed by atoms with Crippen molar-refractivity contribution in [3.05, 3.63) is 55.1 Å². The molecule has 0 aliphatic carbocycles. The molecule has 3 aromatic rings. The van der Waals surface area contributed by atoms with Crippen molar-refractivity contribution in [2.75, 3.05) is 0 Å². The highest BCUT2D eigenvalue weighted by Gasteiger charge is 2.05. The second-order valence-electron chi connectivity index (χ2n) is 3.20. The maximum atomic E-state index is 5.37. The fourth-order valence-corrected chi connectivity index (χ4v) is 1.69. The molecule has 2 nitrogen and oxygen atoms in total.